The molecule has 5 heteroatoms. The minimum atomic E-state index is 0.0484. The summed E-state index contributed by atoms with van der Waals surface area (Å²) < 4.78 is 6.99. The van der Waals surface area contributed by atoms with E-state index in [0.717, 1.165) is 38.2 Å². The Bertz CT molecular complexity index is 511. The van der Waals surface area contributed by atoms with Crippen LogP contribution < -0.4 is 11.3 Å². The fraction of sp³-hybridized carbons (Fsp3) is 0.667. The normalized spacial score (nSPS) is 15.3. The maximum absolute atomic E-state index is 12.4. The molecule has 0 bridgehead atoms. The zero-order chi connectivity index (χ0) is 14.5. The molecule has 0 saturated heterocycles. The number of nitrogens with two attached hydrogens (primary N) is 1. The second-order valence-electron chi connectivity index (χ2n) is 5.32. The third-order valence-electron chi connectivity index (χ3n) is 3.90. The molecule has 112 valence electrons. The molecule has 1 aromatic heterocycles. The van der Waals surface area contributed by atoms with E-state index in [4.69, 9.17) is 10.5 Å². The quantitative estimate of drug-likeness (QED) is 0.833. The highest BCUT2D eigenvalue weighted by molar-refractivity contribution is 5.29. The first-order valence-corrected chi connectivity index (χ1v) is 7.37. The van der Waals surface area contributed by atoms with Crippen LogP contribution in [-0.4, -0.2) is 36.3 Å². The first-order chi connectivity index (χ1) is 9.71. The van der Waals surface area contributed by atoms with Crippen LogP contribution in [0.4, 0.5) is 0 Å². The largest absolute Gasteiger partial charge is 0.383 e. The van der Waals surface area contributed by atoms with E-state index in [1.165, 1.54) is 5.56 Å². The average Bonchev–Trinajstić information content (AvgIpc) is 2.46. The maximum Gasteiger partial charge on any atom is 0.255 e. The van der Waals surface area contributed by atoms with Gasteiger partial charge in [0, 0.05) is 51.0 Å². The topological polar surface area (TPSA) is 60.5 Å². The van der Waals surface area contributed by atoms with Gasteiger partial charge in [-0.25, -0.2) is 0 Å². The Balaban J connectivity index is 2.37. The van der Waals surface area contributed by atoms with Gasteiger partial charge < -0.3 is 15.0 Å². The van der Waals surface area contributed by atoms with Gasteiger partial charge in [-0.05, 0) is 24.6 Å². The first-order valence-electron chi connectivity index (χ1n) is 7.37. The summed E-state index contributed by atoms with van der Waals surface area (Å²) in [6.45, 7) is 6.71. The molecule has 1 aliphatic rings. The average molecular weight is 279 g/mol. The third-order valence-corrected chi connectivity index (χ3v) is 3.90. The van der Waals surface area contributed by atoms with Crippen LogP contribution in [0.15, 0.2) is 10.9 Å². The fourth-order valence-corrected chi connectivity index (χ4v) is 2.91. The van der Waals surface area contributed by atoms with Gasteiger partial charge in [0.2, 0.25) is 0 Å². The van der Waals surface area contributed by atoms with Gasteiger partial charge in [-0.1, -0.05) is 6.92 Å². The molecule has 0 atom stereocenters. The Kier molecular flexibility index (Phi) is 5.34. The van der Waals surface area contributed by atoms with Gasteiger partial charge in [-0.3, -0.25) is 9.69 Å². The minimum Gasteiger partial charge on any atom is -0.383 e. The number of rotatable bonds is 6. The molecule has 0 unspecified atom stereocenters. The molecule has 0 aliphatic carbocycles. The van der Waals surface area contributed by atoms with Crippen molar-refractivity contribution in [2.45, 2.75) is 39.4 Å². The van der Waals surface area contributed by atoms with Gasteiger partial charge in [0.05, 0.1) is 6.61 Å². The van der Waals surface area contributed by atoms with E-state index in [0.29, 0.717) is 25.3 Å². The van der Waals surface area contributed by atoms with E-state index >= 15 is 0 Å². The van der Waals surface area contributed by atoms with Crippen molar-refractivity contribution in [3.63, 3.8) is 0 Å². The van der Waals surface area contributed by atoms with Gasteiger partial charge in [0.1, 0.15) is 0 Å². The summed E-state index contributed by atoms with van der Waals surface area (Å²) in [5, 5.41) is 0. The summed E-state index contributed by atoms with van der Waals surface area (Å²) in [4.78, 5) is 14.8. The van der Waals surface area contributed by atoms with Crippen LogP contribution in [0.1, 0.15) is 30.2 Å². The smallest absolute Gasteiger partial charge is 0.255 e. The summed E-state index contributed by atoms with van der Waals surface area (Å²) >= 11 is 0. The van der Waals surface area contributed by atoms with Crippen LogP contribution in [0.5, 0.6) is 0 Å². The molecule has 2 N–H and O–H groups in total. The lowest BCUT2D eigenvalue weighted by Gasteiger charge is -2.30. The Labute approximate surface area is 120 Å². The van der Waals surface area contributed by atoms with Crippen LogP contribution in [0.25, 0.3) is 0 Å². The molecule has 1 aromatic rings. The first kappa shape index (κ1) is 15.2. The standard InChI is InChI=1S/C15H25N3O2/c1-3-5-17-6-4-14-13(11-17)9-12(10-16)15(19)18(14)7-8-20-2/h9H,3-8,10-11,16H2,1-2H3. The zero-order valence-corrected chi connectivity index (χ0v) is 12.5. The molecule has 2 rings (SSSR count). The molecule has 0 amide bonds. The highest BCUT2D eigenvalue weighted by Gasteiger charge is 2.20. The third kappa shape index (κ3) is 3.11. The minimum absolute atomic E-state index is 0.0484. The van der Waals surface area contributed by atoms with Crippen LogP contribution >= 0.6 is 0 Å². The van der Waals surface area contributed by atoms with Crippen LogP contribution in [0.2, 0.25) is 0 Å². The predicted molar refractivity (Wildman–Crippen MR) is 79.7 cm³/mol. The van der Waals surface area contributed by atoms with Crippen molar-refractivity contribution in [3.8, 4) is 0 Å². The molecule has 5 nitrogen and oxygen atoms in total. The number of ether oxygens (including phenoxy) is 1. The van der Waals surface area contributed by atoms with Gasteiger partial charge >= 0.3 is 0 Å². The van der Waals surface area contributed by atoms with Gasteiger partial charge in [0.25, 0.3) is 5.56 Å². The lowest BCUT2D eigenvalue weighted by molar-refractivity contribution is 0.182. The summed E-state index contributed by atoms with van der Waals surface area (Å²) in [6.07, 6.45) is 2.08. The van der Waals surface area contributed by atoms with Crippen molar-refractivity contribution in [1.29, 1.82) is 0 Å². The molecule has 1 aliphatic heterocycles. The number of pyridine rings is 1. The van der Waals surface area contributed by atoms with Crippen molar-refractivity contribution in [3.05, 3.63) is 33.2 Å². The highest BCUT2D eigenvalue weighted by Crippen LogP contribution is 2.19. The van der Waals surface area contributed by atoms with Crippen LogP contribution in [0.3, 0.4) is 0 Å². The Morgan fingerprint density at radius 2 is 2.20 bits per heavy atom. The number of hydrogen-bond donors (Lipinski definition) is 1. The number of fused-ring (bicyclic) bond motifs is 1. The van der Waals surface area contributed by atoms with E-state index in [1.54, 1.807) is 7.11 Å². The number of methoxy groups -OCH3 is 1. The van der Waals surface area contributed by atoms with Crippen molar-refractivity contribution in [2.75, 3.05) is 26.8 Å². The Morgan fingerprint density at radius 3 is 2.85 bits per heavy atom. The van der Waals surface area contributed by atoms with Crippen molar-refractivity contribution >= 4 is 0 Å². The lowest BCUT2D eigenvalue weighted by atomic mass is 10.0. The van der Waals surface area contributed by atoms with E-state index in [1.807, 2.05) is 10.6 Å². The van der Waals surface area contributed by atoms with Gasteiger partial charge in [-0.15, -0.1) is 0 Å². The lowest BCUT2D eigenvalue weighted by Crippen LogP contribution is -2.38. The summed E-state index contributed by atoms with van der Waals surface area (Å²) in [7, 11) is 1.66. The highest BCUT2D eigenvalue weighted by atomic mass is 16.5. The number of aromatic nitrogens is 1. The number of hydrogen-bond acceptors (Lipinski definition) is 4. The van der Waals surface area contributed by atoms with Gasteiger partial charge in [0.15, 0.2) is 0 Å². The Hall–Kier alpha value is -1.17. The summed E-state index contributed by atoms with van der Waals surface area (Å²) in [6, 6.07) is 2.00. The molecule has 0 spiro atoms. The van der Waals surface area contributed by atoms with E-state index in [-0.39, 0.29) is 5.56 Å². The van der Waals surface area contributed by atoms with Crippen molar-refractivity contribution in [1.82, 2.24) is 9.47 Å². The van der Waals surface area contributed by atoms with E-state index in [9.17, 15) is 4.79 Å². The molecular formula is C15H25N3O2. The second kappa shape index (κ2) is 7.02. The molecule has 20 heavy (non-hydrogen) atoms. The zero-order valence-electron chi connectivity index (χ0n) is 12.5. The van der Waals surface area contributed by atoms with E-state index in [2.05, 4.69) is 11.8 Å². The Morgan fingerprint density at radius 1 is 1.40 bits per heavy atom. The van der Waals surface area contributed by atoms with Gasteiger partial charge in [-0.2, -0.15) is 0 Å². The molecule has 0 fully saturated rings. The summed E-state index contributed by atoms with van der Waals surface area (Å²) in [5.74, 6) is 0. The monoisotopic (exact) mass is 279 g/mol. The van der Waals surface area contributed by atoms with Crippen LogP contribution in [-0.2, 0) is 30.8 Å². The molecule has 0 aromatic carbocycles. The predicted octanol–water partition coefficient (Wildman–Crippen LogP) is 0.722. The van der Waals surface area contributed by atoms with Crippen molar-refractivity contribution in [2.24, 2.45) is 5.73 Å². The fourth-order valence-electron chi connectivity index (χ4n) is 2.91. The van der Waals surface area contributed by atoms with E-state index < -0.39 is 0 Å². The molecular weight excluding hydrogens is 254 g/mol. The molecule has 2 heterocycles. The molecule has 0 radical (unpaired) electrons. The van der Waals surface area contributed by atoms with Crippen LogP contribution in [0, 0.1) is 0 Å². The second-order valence-corrected chi connectivity index (χ2v) is 5.32. The maximum atomic E-state index is 12.4. The van der Waals surface area contributed by atoms with Crippen molar-refractivity contribution < 1.29 is 4.74 Å². The number of nitrogens with zero attached hydrogens (tertiary/aromatic N) is 2. The SMILES string of the molecule is CCCN1CCc2c(cc(CN)c(=O)n2CCOC)C1. The molecule has 0 saturated carbocycles. The summed E-state index contributed by atoms with van der Waals surface area (Å²) in [5.41, 5.74) is 8.89.